The first-order chi connectivity index (χ1) is 13.5. The molecule has 0 bridgehead atoms. The zero-order valence-electron chi connectivity index (χ0n) is 16.6. The highest BCUT2D eigenvalue weighted by Gasteiger charge is 2.36. The van der Waals surface area contributed by atoms with Crippen LogP contribution in [0.15, 0.2) is 48.5 Å². The van der Waals surface area contributed by atoms with Gasteiger partial charge >= 0.3 is 0 Å². The van der Waals surface area contributed by atoms with Gasteiger partial charge in [0, 0.05) is 19.2 Å². The minimum atomic E-state index is -0.505. The summed E-state index contributed by atoms with van der Waals surface area (Å²) in [5.41, 5.74) is 2.02. The fraction of sp³-hybridized carbons (Fsp3) is 0.364. The van der Waals surface area contributed by atoms with Crippen molar-refractivity contribution in [1.82, 2.24) is 9.80 Å². The maximum Gasteiger partial charge on any atom is 0.245 e. The Morgan fingerprint density at radius 3 is 2.21 bits per heavy atom. The quantitative estimate of drug-likeness (QED) is 0.738. The van der Waals surface area contributed by atoms with E-state index in [2.05, 4.69) is 0 Å². The molecule has 6 heteroatoms. The van der Waals surface area contributed by atoms with Gasteiger partial charge in [-0.2, -0.15) is 0 Å². The lowest BCUT2D eigenvalue weighted by atomic mass is 10.1. The molecule has 0 aromatic heterocycles. The first-order valence-electron chi connectivity index (χ1n) is 9.36. The van der Waals surface area contributed by atoms with Gasteiger partial charge in [-0.1, -0.05) is 30.3 Å². The summed E-state index contributed by atoms with van der Waals surface area (Å²) in [6.45, 7) is 2.77. The van der Waals surface area contributed by atoms with Gasteiger partial charge in [0.1, 0.15) is 17.5 Å². The van der Waals surface area contributed by atoms with E-state index in [-0.39, 0.29) is 18.4 Å². The van der Waals surface area contributed by atoms with E-state index in [9.17, 15) is 9.59 Å². The van der Waals surface area contributed by atoms with Crippen molar-refractivity contribution in [2.24, 2.45) is 0 Å². The first kappa shape index (κ1) is 19.7. The van der Waals surface area contributed by atoms with Gasteiger partial charge in [-0.05, 0) is 36.6 Å². The lowest BCUT2D eigenvalue weighted by molar-refractivity contribution is -0.155. The van der Waals surface area contributed by atoms with Crippen molar-refractivity contribution in [2.75, 3.05) is 27.3 Å². The summed E-state index contributed by atoms with van der Waals surface area (Å²) in [6.07, 6.45) is 0.736. The van der Waals surface area contributed by atoms with E-state index in [0.717, 1.165) is 17.5 Å². The van der Waals surface area contributed by atoms with Crippen LogP contribution in [-0.4, -0.2) is 55.0 Å². The Kier molecular flexibility index (Phi) is 6.19. The molecule has 0 unspecified atom stereocenters. The fourth-order valence-electron chi connectivity index (χ4n) is 3.42. The van der Waals surface area contributed by atoms with Crippen LogP contribution in [-0.2, 0) is 22.6 Å². The Hall–Kier alpha value is -3.02. The lowest BCUT2D eigenvalue weighted by Crippen LogP contribution is -2.58. The van der Waals surface area contributed by atoms with Gasteiger partial charge in [-0.25, -0.2) is 0 Å². The van der Waals surface area contributed by atoms with Crippen LogP contribution < -0.4 is 9.47 Å². The van der Waals surface area contributed by atoms with Gasteiger partial charge in [0.05, 0.1) is 20.8 Å². The van der Waals surface area contributed by atoms with Gasteiger partial charge < -0.3 is 19.3 Å². The molecule has 1 fully saturated rings. The Morgan fingerprint density at radius 2 is 1.61 bits per heavy atom. The number of rotatable bonds is 7. The molecule has 1 aliphatic rings. The van der Waals surface area contributed by atoms with Crippen molar-refractivity contribution >= 4 is 11.8 Å². The minimum Gasteiger partial charge on any atom is -0.497 e. The first-order valence-corrected chi connectivity index (χ1v) is 9.36. The van der Waals surface area contributed by atoms with E-state index in [1.807, 2.05) is 42.5 Å². The van der Waals surface area contributed by atoms with E-state index in [4.69, 9.17) is 9.47 Å². The summed E-state index contributed by atoms with van der Waals surface area (Å²) >= 11 is 0. The number of amides is 2. The molecule has 1 aliphatic heterocycles. The Bertz CT molecular complexity index is 815. The summed E-state index contributed by atoms with van der Waals surface area (Å²) in [4.78, 5) is 28.9. The van der Waals surface area contributed by atoms with Gasteiger partial charge in [-0.15, -0.1) is 0 Å². The number of carbonyl (C=O) groups is 2. The summed E-state index contributed by atoms with van der Waals surface area (Å²) in [6, 6.07) is 15.0. The molecule has 1 heterocycles. The van der Waals surface area contributed by atoms with E-state index in [1.54, 1.807) is 37.0 Å². The van der Waals surface area contributed by atoms with Crippen LogP contribution in [0.25, 0.3) is 0 Å². The SMILES string of the molecule is COc1cc(CN2C(=O)CN(CCc3ccccc3)C(=O)[C@H]2C)cc(OC)c1. The highest BCUT2D eigenvalue weighted by atomic mass is 16.5. The Balaban J connectivity index is 1.68. The van der Waals surface area contributed by atoms with Crippen LogP contribution in [0.1, 0.15) is 18.1 Å². The average molecular weight is 382 g/mol. The number of benzene rings is 2. The van der Waals surface area contributed by atoms with Crippen molar-refractivity contribution in [3.05, 3.63) is 59.7 Å². The standard InChI is InChI=1S/C22H26N2O4/c1-16-22(26)23(10-9-17-7-5-4-6-8-17)15-21(25)24(16)14-18-11-19(27-2)13-20(12-18)28-3/h4-8,11-13,16H,9-10,14-15H2,1-3H3/t16-/m1/s1. The maximum absolute atomic E-state index is 12.8. The molecular formula is C22H26N2O4. The topological polar surface area (TPSA) is 59.1 Å². The van der Waals surface area contributed by atoms with E-state index >= 15 is 0 Å². The van der Waals surface area contributed by atoms with Gasteiger partial charge in [-0.3, -0.25) is 9.59 Å². The number of nitrogens with zero attached hydrogens (tertiary/aromatic N) is 2. The van der Waals surface area contributed by atoms with Crippen molar-refractivity contribution in [2.45, 2.75) is 25.9 Å². The number of carbonyl (C=O) groups excluding carboxylic acids is 2. The number of hydrogen-bond acceptors (Lipinski definition) is 4. The molecule has 2 amide bonds. The van der Waals surface area contributed by atoms with E-state index in [0.29, 0.717) is 24.6 Å². The van der Waals surface area contributed by atoms with Crippen LogP contribution in [0.3, 0.4) is 0 Å². The van der Waals surface area contributed by atoms with Crippen molar-refractivity contribution in [3.63, 3.8) is 0 Å². The van der Waals surface area contributed by atoms with E-state index < -0.39 is 6.04 Å². The van der Waals surface area contributed by atoms with Crippen LogP contribution >= 0.6 is 0 Å². The van der Waals surface area contributed by atoms with Gasteiger partial charge in [0.25, 0.3) is 0 Å². The normalized spacial score (nSPS) is 17.0. The zero-order chi connectivity index (χ0) is 20.1. The molecule has 1 saturated heterocycles. The zero-order valence-corrected chi connectivity index (χ0v) is 16.6. The van der Waals surface area contributed by atoms with Gasteiger partial charge in [0.2, 0.25) is 11.8 Å². The number of methoxy groups -OCH3 is 2. The number of ether oxygens (including phenoxy) is 2. The summed E-state index contributed by atoms with van der Waals surface area (Å²) in [5.74, 6) is 1.23. The molecule has 148 valence electrons. The smallest absolute Gasteiger partial charge is 0.245 e. The second kappa shape index (κ2) is 8.78. The van der Waals surface area contributed by atoms with Crippen molar-refractivity contribution in [3.8, 4) is 11.5 Å². The van der Waals surface area contributed by atoms with E-state index in [1.165, 1.54) is 0 Å². The van der Waals surface area contributed by atoms with Crippen LogP contribution in [0, 0.1) is 0 Å². The number of hydrogen-bond donors (Lipinski definition) is 0. The van der Waals surface area contributed by atoms with Crippen LogP contribution in [0.5, 0.6) is 11.5 Å². The highest BCUT2D eigenvalue weighted by molar-refractivity contribution is 5.94. The van der Waals surface area contributed by atoms with Crippen molar-refractivity contribution in [1.29, 1.82) is 0 Å². The predicted octanol–water partition coefficient (Wildman–Crippen LogP) is 2.51. The lowest BCUT2D eigenvalue weighted by Gasteiger charge is -2.39. The molecule has 28 heavy (non-hydrogen) atoms. The predicted molar refractivity (Wildman–Crippen MR) is 106 cm³/mol. The Labute approximate surface area is 165 Å². The molecule has 0 radical (unpaired) electrons. The maximum atomic E-state index is 12.8. The molecule has 0 spiro atoms. The fourth-order valence-corrected chi connectivity index (χ4v) is 3.42. The largest absolute Gasteiger partial charge is 0.497 e. The second-order valence-corrected chi connectivity index (χ2v) is 6.91. The molecule has 6 nitrogen and oxygen atoms in total. The molecule has 2 aromatic carbocycles. The molecule has 0 N–H and O–H groups in total. The third kappa shape index (κ3) is 4.44. The third-order valence-corrected chi connectivity index (χ3v) is 5.06. The monoisotopic (exact) mass is 382 g/mol. The van der Waals surface area contributed by atoms with Gasteiger partial charge in [0.15, 0.2) is 0 Å². The molecular weight excluding hydrogens is 356 g/mol. The molecule has 1 atom stereocenters. The molecule has 2 aromatic rings. The minimum absolute atomic E-state index is 0.0228. The third-order valence-electron chi connectivity index (χ3n) is 5.06. The van der Waals surface area contributed by atoms with Crippen LogP contribution in [0.4, 0.5) is 0 Å². The summed E-state index contributed by atoms with van der Waals surface area (Å²) < 4.78 is 10.6. The second-order valence-electron chi connectivity index (χ2n) is 6.91. The number of piperazine rings is 1. The van der Waals surface area contributed by atoms with Crippen LogP contribution in [0.2, 0.25) is 0 Å². The molecule has 0 saturated carbocycles. The average Bonchev–Trinajstić information content (AvgIpc) is 2.73. The summed E-state index contributed by atoms with van der Waals surface area (Å²) in [5, 5.41) is 0. The molecule has 3 rings (SSSR count). The molecule has 0 aliphatic carbocycles. The highest BCUT2D eigenvalue weighted by Crippen LogP contribution is 2.25. The Morgan fingerprint density at radius 1 is 0.964 bits per heavy atom. The summed E-state index contributed by atoms with van der Waals surface area (Å²) in [7, 11) is 3.17. The van der Waals surface area contributed by atoms with Crippen molar-refractivity contribution < 1.29 is 19.1 Å².